The molecule has 1 aromatic carbocycles. The van der Waals surface area contributed by atoms with Crippen LogP contribution in [0.3, 0.4) is 0 Å². The van der Waals surface area contributed by atoms with Crippen molar-refractivity contribution in [2.45, 2.75) is 6.92 Å². The first-order chi connectivity index (χ1) is 9.97. The molecule has 0 aliphatic heterocycles. The molecule has 3 N–H and O–H groups in total. The van der Waals surface area contributed by atoms with E-state index in [1.54, 1.807) is 12.1 Å². The lowest BCUT2D eigenvalue weighted by Gasteiger charge is -2.10. The highest BCUT2D eigenvalue weighted by molar-refractivity contribution is 6.34. The molecule has 6 nitrogen and oxygen atoms in total. The van der Waals surface area contributed by atoms with Crippen LogP contribution >= 0.6 is 11.6 Å². The Morgan fingerprint density at radius 1 is 1.19 bits per heavy atom. The number of para-hydroxylation sites is 1. The minimum Gasteiger partial charge on any atom is -0.465 e. The number of amides is 2. The van der Waals surface area contributed by atoms with Gasteiger partial charge in [0, 0.05) is 6.20 Å². The summed E-state index contributed by atoms with van der Waals surface area (Å²) < 4.78 is 0. The molecule has 0 aliphatic carbocycles. The Morgan fingerprint density at radius 3 is 2.52 bits per heavy atom. The van der Waals surface area contributed by atoms with Gasteiger partial charge in [-0.1, -0.05) is 23.7 Å². The van der Waals surface area contributed by atoms with Crippen molar-refractivity contribution in [2.75, 3.05) is 10.6 Å². The molecule has 1 heterocycles. The first kappa shape index (κ1) is 14.8. The van der Waals surface area contributed by atoms with Crippen LogP contribution in [0, 0.1) is 6.92 Å². The number of nitrogens with one attached hydrogen (secondary N) is 2. The van der Waals surface area contributed by atoms with Gasteiger partial charge in [-0.05, 0) is 30.7 Å². The Balaban J connectivity index is 2.15. The maximum atomic E-state index is 12.1. The number of aromatic nitrogens is 1. The largest absolute Gasteiger partial charge is 0.465 e. The molecule has 108 valence electrons. The van der Waals surface area contributed by atoms with Gasteiger partial charge in [0.15, 0.2) is 0 Å². The number of halogens is 1. The van der Waals surface area contributed by atoms with E-state index in [1.165, 1.54) is 18.3 Å². The molecule has 1 aromatic heterocycles. The molecule has 0 atom stereocenters. The average Bonchev–Trinajstić information content (AvgIpc) is 2.43. The molecule has 0 saturated carbocycles. The van der Waals surface area contributed by atoms with E-state index in [0.29, 0.717) is 16.3 Å². The van der Waals surface area contributed by atoms with E-state index in [1.807, 2.05) is 13.0 Å². The summed E-state index contributed by atoms with van der Waals surface area (Å²) in [4.78, 5) is 26.4. The number of hydrogen-bond acceptors (Lipinski definition) is 3. The maximum Gasteiger partial charge on any atom is 0.410 e. The van der Waals surface area contributed by atoms with Crippen LogP contribution in [0.4, 0.5) is 16.3 Å². The van der Waals surface area contributed by atoms with Crippen molar-refractivity contribution in [3.8, 4) is 0 Å². The number of carbonyl (C=O) groups is 2. The lowest BCUT2D eigenvalue weighted by Crippen LogP contribution is -2.14. The van der Waals surface area contributed by atoms with Gasteiger partial charge in [-0.25, -0.2) is 9.78 Å². The molecule has 2 rings (SSSR count). The lowest BCUT2D eigenvalue weighted by molar-refractivity contribution is 0.102. The van der Waals surface area contributed by atoms with Gasteiger partial charge in [-0.15, -0.1) is 0 Å². The van der Waals surface area contributed by atoms with E-state index in [-0.39, 0.29) is 11.7 Å². The van der Waals surface area contributed by atoms with Gasteiger partial charge in [-0.2, -0.15) is 0 Å². The molecule has 21 heavy (non-hydrogen) atoms. The molecular weight excluding hydrogens is 294 g/mol. The number of rotatable bonds is 3. The molecule has 0 aliphatic rings. The topological polar surface area (TPSA) is 91.3 Å². The lowest BCUT2D eigenvalue weighted by atomic mass is 10.2. The minimum atomic E-state index is -1.22. The number of anilines is 2. The van der Waals surface area contributed by atoms with Gasteiger partial charge in [0.25, 0.3) is 5.91 Å². The number of pyridine rings is 1. The molecular formula is C14H12ClN3O3. The van der Waals surface area contributed by atoms with Crippen molar-refractivity contribution in [1.29, 1.82) is 0 Å². The van der Waals surface area contributed by atoms with Crippen LogP contribution in [0.2, 0.25) is 5.02 Å². The third kappa shape index (κ3) is 3.70. The fourth-order valence-corrected chi connectivity index (χ4v) is 1.96. The van der Waals surface area contributed by atoms with Crippen LogP contribution in [0.5, 0.6) is 0 Å². The summed E-state index contributed by atoms with van der Waals surface area (Å²) in [6.45, 7) is 1.83. The minimum absolute atomic E-state index is 0.146. The summed E-state index contributed by atoms with van der Waals surface area (Å²) in [5.41, 5.74) is 1.68. The Hall–Kier alpha value is -2.60. The Morgan fingerprint density at radius 2 is 1.95 bits per heavy atom. The maximum absolute atomic E-state index is 12.1. The van der Waals surface area contributed by atoms with Gasteiger partial charge in [0.05, 0.1) is 16.3 Å². The third-order valence-electron chi connectivity index (χ3n) is 2.72. The highest BCUT2D eigenvalue weighted by Crippen LogP contribution is 2.25. The summed E-state index contributed by atoms with van der Waals surface area (Å²) in [6, 6.07) is 8.19. The van der Waals surface area contributed by atoms with E-state index < -0.39 is 6.09 Å². The Labute approximate surface area is 125 Å². The molecule has 2 amide bonds. The molecule has 0 spiro atoms. The van der Waals surface area contributed by atoms with Crippen molar-refractivity contribution in [3.05, 3.63) is 52.7 Å². The molecule has 2 aromatic rings. The summed E-state index contributed by atoms with van der Waals surface area (Å²) in [6.07, 6.45) is 0.0682. The molecule has 0 bridgehead atoms. The summed E-state index contributed by atoms with van der Waals surface area (Å²) >= 11 is 6.04. The number of carboxylic acid groups (broad SMARTS) is 1. The fraction of sp³-hybridized carbons (Fsp3) is 0.0714. The predicted molar refractivity (Wildman–Crippen MR) is 80.0 cm³/mol. The molecule has 0 saturated heterocycles. The highest BCUT2D eigenvalue weighted by Gasteiger charge is 2.11. The third-order valence-corrected chi connectivity index (χ3v) is 3.04. The second-order valence-corrected chi connectivity index (χ2v) is 4.66. The van der Waals surface area contributed by atoms with Gasteiger partial charge in [0.1, 0.15) is 5.82 Å². The number of hydrogen-bond donors (Lipinski definition) is 3. The Bertz CT molecular complexity index is 666. The van der Waals surface area contributed by atoms with Crippen molar-refractivity contribution < 1.29 is 14.7 Å². The standard InChI is InChI=1S/C14H12ClN3O3/c1-8-3-2-4-10(15)12(8)18-13(19)9-5-6-11(16-7-9)17-14(20)21/h2-7H,1H3,(H,16,17)(H,18,19)(H,20,21). The summed E-state index contributed by atoms with van der Waals surface area (Å²) in [7, 11) is 0. The van der Waals surface area contributed by atoms with E-state index >= 15 is 0 Å². The first-order valence-corrected chi connectivity index (χ1v) is 6.37. The zero-order valence-electron chi connectivity index (χ0n) is 11.1. The second kappa shape index (κ2) is 6.23. The van der Waals surface area contributed by atoms with Crippen LogP contribution in [-0.2, 0) is 0 Å². The van der Waals surface area contributed by atoms with Crippen molar-refractivity contribution in [1.82, 2.24) is 4.98 Å². The second-order valence-electron chi connectivity index (χ2n) is 4.25. The Kier molecular flexibility index (Phi) is 4.39. The smallest absolute Gasteiger partial charge is 0.410 e. The van der Waals surface area contributed by atoms with Crippen molar-refractivity contribution >= 4 is 35.1 Å². The average molecular weight is 306 g/mol. The fourth-order valence-electron chi connectivity index (χ4n) is 1.69. The number of nitrogens with zero attached hydrogens (tertiary/aromatic N) is 1. The van der Waals surface area contributed by atoms with Crippen LogP contribution in [-0.4, -0.2) is 22.1 Å². The van der Waals surface area contributed by atoms with Crippen LogP contribution in [0.15, 0.2) is 36.5 Å². The molecule has 0 fully saturated rings. The van der Waals surface area contributed by atoms with E-state index in [0.717, 1.165) is 5.56 Å². The van der Waals surface area contributed by atoms with Crippen molar-refractivity contribution in [2.24, 2.45) is 0 Å². The van der Waals surface area contributed by atoms with Crippen LogP contribution in [0.1, 0.15) is 15.9 Å². The SMILES string of the molecule is Cc1cccc(Cl)c1NC(=O)c1ccc(NC(=O)O)nc1. The number of carbonyl (C=O) groups excluding carboxylic acids is 1. The summed E-state index contributed by atoms with van der Waals surface area (Å²) in [5, 5.41) is 13.8. The zero-order chi connectivity index (χ0) is 15.4. The summed E-state index contributed by atoms with van der Waals surface area (Å²) in [5.74, 6) is -0.228. The van der Waals surface area contributed by atoms with Gasteiger partial charge in [0.2, 0.25) is 0 Å². The van der Waals surface area contributed by atoms with E-state index in [9.17, 15) is 9.59 Å². The van der Waals surface area contributed by atoms with Crippen molar-refractivity contribution in [3.63, 3.8) is 0 Å². The number of benzene rings is 1. The van der Waals surface area contributed by atoms with E-state index in [4.69, 9.17) is 16.7 Å². The zero-order valence-corrected chi connectivity index (χ0v) is 11.8. The molecule has 0 radical (unpaired) electrons. The van der Waals surface area contributed by atoms with Gasteiger partial charge >= 0.3 is 6.09 Å². The molecule has 0 unspecified atom stereocenters. The predicted octanol–water partition coefficient (Wildman–Crippen LogP) is 3.39. The van der Waals surface area contributed by atoms with Gasteiger partial charge < -0.3 is 10.4 Å². The van der Waals surface area contributed by atoms with Gasteiger partial charge in [-0.3, -0.25) is 10.1 Å². The molecule has 7 heteroatoms. The quantitative estimate of drug-likeness (QED) is 0.810. The normalized spacial score (nSPS) is 10.0. The van der Waals surface area contributed by atoms with Crippen LogP contribution < -0.4 is 10.6 Å². The number of aryl methyl sites for hydroxylation is 1. The van der Waals surface area contributed by atoms with Crippen LogP contribution in [0.25, 0.3) is 0 Å². The van der Waals surface area contributed by atoms with E-state index in [2.05, 4.69) is 15.6 Å². The highest BCUT2D eigenvalue weighted by atomic mass is 35.5. The monoisotopic (exact) mass is 305 g/mol. The first-order valence-electron chi connectivity index (χ1n) is 6.00.